The molecule has 86 valence electrons. The van der Waals surface area contributed by atoms with Gasteiger partial charge < -0.3 is 4.42 Å². The Balaban J connectivity index is 0.00000144. The minimum atomic E-state index is -4.32. The summed E-state index contributed by atoms with van der Waals surface area (Å²) < 4.78 is 34.7. The van der Waals surface area contributed by atoms with Gasteiger partial charge >= 0.3 is 29.6 Å². The van der Waals surface area contributed by atoms with Crippen LogP contribution in [0.3, 0.4) is 0 Å². The zero-order valence-electron chi connectivity index (χ0n) is 8.08. The van der Waals surface area contributed by atoms with E-state index in [1.165, 1.54) is 6.07 Å². The second-order valence-electron chi connectivity index (χ2n) is 3.30. The van der Waals surface area contributed by atoms with Crippen molar-refractivity contribution in [2.24, 2.45) is 0 Å². The van der Waals surface area contributed by atoms with Crippen molar-refractivity contribution >= 4 is 56.4 Å². The first-order chi connectivity index (χ1) is 7.46. The van der Waals surface area contributed by atoms with Crippen LogP contribution in [-0.4, -0.2) is 54.1 Å². The third-order valence-electron chi connectivity index (χ3n) is 2.01. The summed E-state index contributed by atoms with van der Waals surface area (Å²) in [6.45, 7) is 0. The first-order valence-electron chi connectivity index (χ1n) is 4.43. The Kier molecular flexibility index (Phi) is 4.51. The molecule has 0 atom stereocenters. The molecule has 0 unspecified atom stereocenters. The molecule has 0 radical (unpaired) electrons. The Morgan fingerprint density at radius 1 is 1.29 bits per heavy atom. The molecule has 0 fully saturated rings. The van der Waals surface area contributed by atoms with Crippen LogP contribution in [0.4, 0.5) is 0 Å². The molecular weight excluding hydrogens is 255 g/mol. The van der Waals surface area contributed by atoms with Crippen LogP contribution in [0, 0.1) is 0 Å². The quantitative estimate of drug-likeness (QED) is 0.505. The monoisotopic (exact) mass is 264 g/mol. The average Bonchev–Trinajstić information content (AvgIpc) is 2.58. The van der Waals surface area contributed by atoms with Crippen LogP contribution >= 0.6 is 0 Å². The molecule has 0 bridgehead atoms. The molecule has 0 aliphatic heterocycles. The third kappa shape index (κ3) is 3.65. The van der Waals surface area contributed by atoms with Crippen molar-refractivity contribution in [3.63, 3.8) is 0 Å². The van der Waals surface area contributed by atoms with Crippen LogP contribution in [0.1, 0.15) is 10.6 Å². The first kappa shape index (κ1) is 14.4. The molecule has 17 heavy (non-hydrogen) atoms. The molecule has 1 heterocycles. The van der Waals surface area contributed by atoms with Crippen LogP contribution in [0.15, 0.2) is 34.7 Å². The summed E-state index contributed by atoms with van der Waals surface area (Å²) in [5, 5.41) is 0.709. The molecule has 0 aliphatic rings. The van der Waals surface area contributed by atoms with Gasteiger partial charge in [0.05, 0.1) is 0 Å². The number of Topliss-reactive ketones (excluding diaryl/α,β-unsaturated/α-hetero) is 1. The first-order valence-corrected chi connectivity index (χ1v) is 6.03. The van der Waals surface area contributed by atoms with Gasteiger partial charge in [-0.25, -0.2) is 0 Å². The predicted octanol–water partition coefficient (Wildman–Crippen LogP) is 0.855. The number of ketones is 1. The van der Waals surface area contributed by atoms with Gasteiger partial charge in [0.1, 0.15) is 11.3 Å². The standard InChI is InChI=1S/C10H8O5S.Na.H/c11-8(6-16(12,13)14)10-5-7-3-1-2-4-9(7)15-10;;/h1-5H,6H2,(H,12,13,14);;. The van der Waals surface area contributed by atoms with Gasteiger partial charge in [0.25, 0.3) is 10.1 Å². The topological polar surface area (TPSA) is 84.6 Å². The summed E-state index contributed by atoms with van der Waals surface area (Å²) in [5.41, 5.74) is 0.501. The van der Waals surface area contributed by atoms with Crippen molar-refractivity contribution in [2.75, 3.05) is 5.75 Å². The number of fused-ring (bicyclic) bond motifs is 1. The van der Waals surface area contributed by atoms with E-state index in [9.17, 15) is 13.2 Å². The molecule has 1 aromatic heterocycles. The van der Waals surface area contributed by atoms with E-state index in [2.05, 4.69) is 0 Å². The summed E-state index contributed by atoms with van der Waals surface area (Å²) in [6.07, 6.45) is 0. The van der Waals surface area contributed by atoms with Gasteiger partial charge in [0, 0.05) is 5.39 Å². The van der Waals surface area contributed by atoms with Gasteiger partial charge in [-0.05, 0) is 12.1 Å². The normalized spacial score (nSPS) is 11.1. The molecule has 0 spiro atoms. The number of carbonyl (C=O) groups is 1. The summed E-state index contributed by atoms with van der Waals surface area (Å²) in [5.74, 6) is -1.80. The SMILES string of the molecule is O=C(CS(=O)(=O)O)c1cc2ccccc2o1.[NaH]. The average molecular weight is 264 g/mol. The van der Waals surface area contributed by atoms with Crippen LogP contribution in [0.2, 0.25) is 0 Å². The van der Waals surface area contributed by atoms with Crippen molar-refractivity contribution in [1.29, 1.82) is 0 Å². The Morgan fingerprint density at radius 3 is 2.53 bits per heavy atom. The number of hydrogen-bond donors (Lipinski definition) is 1. The van der Waals surface area contributed by atoms with Gasteiger partial charge in [-0.3, -0.25) is 9.35 Å². The van der Waals surface area contributed by atoms with Crippen molar-refractivity contribution in [1.82, 2.24) is 0 Å². The molecule has 0 amide bonds. The molecule has 7 heteroatoms. The molecule has 0 saturated heterocycles. The van der Waals surface area contributed by atoms with Crippen LogP contribution in [0.25, 0.3) is 11.0 Å². The Labute approximate surface area is 120 Å². The Bertz CT molecular complexity index is 611. The molecule has 1 aromatic carbocycles. The second kappa shape index (κ2) is 5.32. The Morgan fingerprint density at radius 2 is 1.94 bits per heavy atom. The van der Waals surface area contributed by atoms with Gasteiger partial charge in [0.15, 0.2) is 5.76 Å². The predicted molar refractivity (Wildman–Crippen MR) is 64.1 cm³/mol. The summed E-state index contributed by atoms with van der Waals surface area (Å²) in [7, 11) is -4.32. The minimum absolute atomic E-state index is 0. The molecule has 0 saturated carbocycles. The van der Waals surface area contributed by atoms with E-state index >= 15 is 0 Å². The zero-order chi connectivity index (χ0) is 11.8. The summed E-state index contributed by atoms with van der Waals surface area (Å²) >= 11 is 0. The number of carbonyl (C=O) groups excluding carboxylic acids is 1. The number of benzene rings is 1. The van der Waals surface area contributed by atoms with Crippen molar-refractivity contribution in [2.45, 2.75) is 0 Å². The number of rotatable bonds is 3. The second-order valence-corrected chi connectivity index (χ2v) is 4.75. The number of furan rings is 1. The van der Waals surface area contributed by atoms with Gasteiger partial charge in [-0.1, -0.05) is 18.2 Å². The van der Waals surface area contributed by atoms with Crippen LogP contribution in [-0.2, 0) is 10.1 Å². The zero-order valence-corrected chi connectivity index (χ0v) is 8.90. The van der Waals surface area contributed by atoms with Gasteiger partial charge in [0.2, 0.25) is 5.78 Å². The van der Waals surface area contributed by atoms with Crippen LogP contribution in [0.5, 0.6) is 0 Å². The molecule has 1 N–H and O–H groups in total. The van der Waals surface area contributed by atoms with E-state index < -0.39 is 21.7 Å². The fraction of sp³-hybridized carbons (Fsp3) is 0.100. The van der Waals surface area contributed by atoms with Gasteiger partial charge in [-0.2, -0.15) is 8.42 Å². The third-order valence-corrected chi connectivity index (χ3v) is 2.64. The molecule has 2 rings (SSSR count). The fourth-order valence-corrected chi connectivity index (χ4v) is 1.83. The van der Waals surface area contributed by atoms with E-state index in [0.29, 0.717) is 11.0 Å². The van der Waals surface area contributed by atoms with Gasteiger partial charge in [-0.15, -0.1) is 0 Å². The number of hydrogen-bond acceptors (Lipinski definition) is 4. The van der Waals surface area contributed by atoms with E-state index in [4.69, 9.17) is 8.97 Å². The van der Waals surface area contributed by atoms with Crippen molar-refractivity contribution < 1.29 is 22.2 Å². The maximum absolute atomic E-state index is 11.4. The molecular formula is C10H9NaO5S. The van der Waals surface area contributed by atoms with Crippen molar-refractivity contribution in [3.8, 4) is 0 Å². The summed E-state index contributed by atoms with van der Waals surface area (Å²) in [4.78, 5) is 11.4. The number of para-hydroxylation sites is 1. The van der Waals surface area contributed by atoms with Crippen LogP contribution < -0.4 is 0 Å². The molecule has 2 aromatic rings. The van der Waals surface area contributed by atoms with E-state index in [1.54, 1.807) is 24.3 Å². The molecule has 0 aliphatic carbocycles. The maximum atomic E-state index is 11.4. The van der Waals surface area contributed by atoms with E-state index in [1.807, 2.05) is 0 Å². The van der Waals surface area contributed by atoms with E-state index in [0.717, 1.165) is 0 Å². The van der Waals surface area contributed by atoms with Crippen molar-refractivity contribution in [3.05, 3.63) is 36.1 Å². The molecule has 5 nitrogen and oxygen atoms in total. The summed E-state index contributed by atoms with van der Waals surface area (Å²) in [6, 6.07) is 8.36. The Hall–Kier alpha value is -0.660. The van der Waals surface area contributed by atoms with E-state index in [-0.39, 0.29) is 35.3 Å². The fourth-order valence-electron chi connectivity index (χ4n) is 1.36.